The highest BCUT2D eigenvalue weighted by atomic mass is 16.5. The molecule has 4 heteroatoms. The minimum absolute atomic E-state index is 0.135. The van der Waals surface area contributed by atoms with E-state index in [1.807, 2.05) is 0 Å². The Labute approximate surface area is 108 Å². The standard InChI is InChI=1S/C14H20O4/c1-5-15-7-9-17-13-11(3)14(12(13)4)18-10-8-16-6-2/h5-6,13-14H,1-4,7-10H2. The first-order chi connectivity index (χ1) is 8.72. The van der Waals surface area contributed by atoms with Crippen molar-refractivity contribution < 1.29 is 18.9 Å². The van der Waals surface area contributed by atoms with Crippen LogP contribution in [0.2, 0.25) is 0 Å². The molecule has 0 bridgehead atoms. The average molecular weight is 252 g/mol. The summed E-state index contributed by atoms with van der Waals surface area (Å²) in [5, 5.41) is 0. The Morgan fingerprint density at radius 3 is 1.50 bits per heavy atom. The highest BCUT2D eigenvalue weighted by Crippen LogP contribution is 2.35. The summed E-state index contributed by atoms with van der Waals surface area (Å²) in [6, 6.07) is 0. The van der Waals surface area contributed by atoms with E-state index in [0.717, 1.165) is 11.1 Å². The molecule has 4 nitrogen and oxygen atoms in total. The fourth-order valence-corrected chi connectivity index (χ4v) is 1.68. The van der Waals surface area contributed by atoms with Crippen LogP contribution in [-0.2, 0) is 18.9 Å². The lowest BCUT2D eigenvalue weighted by molar-refractivity contribution is -0.0202. The van der Waals surface area contributed by atoms with Gasteiger partial charge in [0.1, 0.15) is 25.4 Å². The molecule has 1 saturated carbocycles. The van der Waals surface area contributed by atoms with Crippen molar-refractivity contribution in [1.82, 2.24) is 0 Å². The van der Waals surface area contributed by atoms with Gasteiger partial charge in [0.15, 0.2) is 0 Å². The predicted octanol–water partition coefficient (Wildman–Crippen LogP) is 2.20. The number of hydrogen-bond acceptors (Lipinski definition) is 4. The fourth-order valence-electron chi connectivity index (χ4n) is 1.68. The Morgan fingerprint density at radius 1 is 0.778 bits per heavy atom. The van der Waals surface area contributed by atoms with Gasteiger partial charge in [-0.2, -0.15) is 0 Å². The van der Waals surface area contributed by atoms with Crippen molar-refractivity contribution in [3.05, 3.63) is 50.0 Å². The van der Waals surface area contributed by atoms with E-state index in [-0.39, 0.29) is 12.2 Å². The summed E-state index contributed by atoms with van der Waals surface area (Å²) in [7, 11) is 0. The van der Waals surface area contributed by atoms with Crippen molar-refractivity contribution in [2.24, 2.45) is 0 Å². The summed E-state index contributed by atoms with van der Waals surface area (Å²) in [5.41, 5.74) is 1.77. The monoisotopic (exact) mass is 252 g/mol. The normalized spacial score (nSPS) is 22.2. The molecular weight excluding hydrogens is 232 g/mol. The Balaban J connectivity index is 2.19. The zero-order valence-electron chi connectivity index (χ0n) is 10.6. The van der Waals surface area contributed by atoms with Gasteiger partial charge in [0.2, 0.25) is 0 Å². The predicted molar refractivity (Wildman–Crippen MR) is 70.1 cm³/mol. The molecule has 0 aliphatic heterocycles. The van der Waals surface area contributed by atoms with Crippen molar-refractivity contribution in [2.75, 3.05) is 26.4 Å². The van der Waals surface area contributed by atoms with Gasteiger partial charge >= 0.3 is 0 Å². The maximum absolute atomic E-state index is 5.56. The van der Waals surface area contributed by atoms with Gasteiger partial charge in [-0.25, -0.2) is 0 Å². The summed E-state index contributed by atoms with van der Waals surface area (Å²) in [5.74, 6) is 0. The van der Waals surface area contributed by atoms with Gasteiger partial charge < -0.3 is 18.9 Å². The van der Waals surface area contributed by atoms with Crippen LogP contribution in [0, 0.1) is 0 Å². The number of ether oxygens (including phenoxy) is 4. The summed E-state index contributed by atoms with van der Waals surface area (Å²) in [6.45, 7) is 16.7. The van der Waals surface area contributed by atoms with Crippen LogP contribution >= 0.6 is 0 Å². The molecule has 1 aliphatic rings. The zero-order chi connectivity index (χ0) is 13.4. The van der Waals surface area contributed by atoms with Crippen LogP contribution in [0.3, 0.4) is 0 Å². The Bertz CT molecular complexity index is 278. The molecule has 1 aliphatic carbocycles. The third-order valence-corrected chi connectivity index (χ3v) is 2.55. The van der Waals surface area contributed by atoms with Crippen molar-refractivity contribution in [2.45, 2.75) is 12.2 Å². The second kappa shape index (κ2) is 7.74. The van der Waals surface area contributed by atoms with E-state index in [2.05, 4.69) is 26.3 Å². The maximum atomic E-state index is 5.56. The topological polar surface area (TPSA) is 36.9 Å². The summed E-state index contributed by atoms with van der Waals surface area (Å²) in [6.07, 6.45) is 2.51. The van der Waals surface area contributed by atoms with Gasteiger partial charge in [-0.05, 0) is 11.1 Å². The van der Waals surface area contributed by atoms with Crippen LogP contribution in [0.5, 0.6) is 0 Å². The molecule has 0 saturated heterocycles. The third-order valence-electron chi connectivity index (χ3n) is 2.55. The molecule has 0 aromatic heterocycles. The molecule has 0 aromatic carbocycles. The molecule has 1 fully saturated rings. The van der Waals surface area contributed by atoms with Crippen LogP contribution in [0.15, 0.2) is 50.0 Å². The molecule has 0 radical (unpaired) electrons. The third kappa shape index (κ3) is 3.75. The molecule has 0 N–H and O–H groups in total. The Kier molecular flexibility index (Phi) is 6.25. The van der Waals surface area contributed by atoms with Crippen LogP contribution in [0.1, 0.15) is 0 Å². The van der Waals surface area contributed by atoms with E-state index in [1.165, 1.54) is 12.5 Å². The van der Waals surface area contributed by atoms with E-state index in [4.69, 9.17) is 18.9 Å². The SMILES string of the molecule is C=COCCOC1C(=C)C(OCCOC=C)C1=C. The lowest BCUT2D eigenvalue weighted by Crippen LogP contribution is -2.44. The van der Waals surface area contributed by atoms with E-state index >= 15 is 0 Å². The van der Waals surface area contributed by atoms with Crippen molar-refractivity contribution in [1.29, 1.82) is 0 Å². The van der Waals surface area contributed by atoms with E-state index in [1.54, 1.807) is 0 Å². The molecular formula is C14H20O4. The van der Waals surface area contributed by atoms with E-state index < -0.39 is 0 Å². The average Bonchev–Trinajstić information content (AvgIpc) is 2.38. The first-order valence-corrected chi connectivity index (χ1v) is 5.78. The van der Waals surface area contributed by atoms with Gasteiger partial charge in [-0.15, -0.1) is 0 Å². The van der Waals surface area contributed by atoms with Crippen LogP contribution < -0.4 is 0 Å². The molecule has 1 rings (SSSR count). The first-order valence-electron chi connectivity index (χ1n) is 5.78. The van der Waals surface area contributed by atoms with Gasteiger partial charge in [0.25, 0.3) is 0 Å². The minimum atomic E-state index is -0.135. The van der Waals surface area contributed by atoms with Gasteiger partial charge in [-0.1, -0.05) is 26.3 Å². The molecule has 0 spiro atoms. The Morgan fingerprint density at radius 2 is 1.17 bits per heavy atom. The smallest absolute Gasteiger partial charge is 0.111 e. The highest BCUT2D eigenvalue weighted by molar-refractivity contribution is 5.42. The zero-order valence-corrected chi connectivity index (χ0v) is 10.6. The number of rotatable bonds is 10. The van der Waals surface area contributed by atoms with Gasteiger partial charge in [-0.3, -0.25) is 0 Å². The highest BCUT2D eigenvalue weighted by Gasteiger charge is 2.39. The van der Waals surface area contributed by atoms with Crippen LogP contribution in [0.4, 0.5) is 0 Å². The largest absolute Gasteiger partial charge is 0.499 e. The molecule has 0 heterocycles. The van der Waals surface area contributed by atoms with Crippen molar-refractivity contribution >= 4 is 0 Å². The Hall–Kier alpha value is -1.52. The molecule has 0 amide bonds. The summed E-state index contributed by atoms with van der Waals surface area (Å²) in [4.78, 5) is 0. The molecule has 0 unspecified atom stereocenters. The van der Waals surface area contributed by atoms with E-state index in [0.29, 0.717) is 26.4 Å². The quantitative estimate of drug-likeness (QED) is 0.339. The first kappa shape index (κ1) is 14.5. The van der Waals surface area contributed by atoms with Crippen molar-refractivity contribution in [3.8, 4) is 0 Å². The molecule has 18 heavy (non-hydrogen) atoms. The van der Waals surface area contributed by atoms with Crippen molar-refractivity contribution in [3.63, 3.8) is 0 Å². The molecule has 0 aromatic rings. The van der Waals surface area contributed by atoms with Crippen LogP contribution in [-0.4, -0.2) is 38.6 Å². The second-order valence-corrected chi connectivity index (χ2v) is 3.73. The molecule has 0 atom stereocenters. The lowest BCUT2D eigenvalue weighted by atomic mass is 9.81. The van der Waals surface area contributed by atoms with Gasteiger partial charge in [0, 0.05) is 0 Å². The minimum Gasteiger partial charge on any atom is -0.499 e. The van der Waals surface area contributed by atoms with Crippen LogP contribution in [0.25, 0.3) is 0 Å². The second-order valence-electron chi connectivity index (χ2n) is 3.73. The summed E-state index contributed by atoms with van der Waals surface area (Å²) >= 11 is 0. The number of hydrogen-bond donors (Lipinski definition) is 0. The fraction of sp³-hybridized carbons (Fsp3) is 0.429. The van der Waals surface area contributed by atoms with E-state index in [9.17, 15) is 0 Å². The molecule has 100 valence electrons. The van der Waals surface area contributed by atoms with Gasteiger partial charge in [0.05, 0.1) is 25.7 Å². The summed E-state index contributed by atoms with van der Waals surface area (Å²) < 4.78 is 21.1. The lowest BCUT2D eigenvalue weighted by Gasteiger charge is -2.40. The maximum Gasteiger partial charge on any atom is 0.111 e.